The highest BCUT2D eigenvalue weighted by molar-refractivity contribution is 5.94. The molecule has 0 saturated carbocycles. The van der Waals surface area contributed by atoms with Crippen LogP contribution in [0.1, 0.15) is 15.9 Å². The van der Waals surface area contributed by atoms with Gasteiger partial charge in [-0.2, -0.15) is 13.2 Å². The lowest BCUT2D eigenvalue weighted by atomic mass is 10.1. The van der Waals surface area contributed by atoms with Crippen molar-refractivity contribution >= 4 is 5.91 Å². The molecule has 0 radical (unpaired) electrons. The number of halogens is 3. The molecule has 1 rings (SSSR count). The van der Waals surface area contributed by atoms with Gasteiger partial charge in [0, 0.05) is 12.7 Å². The van der Waals surface area contributed by atoms with E-state index in [1.165, 1.54) is 7.11 Å². The van der Waals surface area contributed by atoms with E-state index in [0.717, 1.165) is 24.3 Å². The zero-order chi connectivity index (χ0) is 14.5. The summed E-state index contributed by atoms with van der Waals surface area (Å²) in [6.07, 6.45) is -4.43. The minimum Gasteiger partial charge on any atom is -0.394 e. The van der Waals surface area contributed by atoms with Crippen molar-refractivity contribution in [2.45, 2.75) is 12.2 Å². The fourth-order valence-corrected chi connectivity index (χ4v) is 1.42. The maximum Gasteiger partial charge on any atom is 0.416 e. The van der Waals surface area contributed by atoms with Crippen molar-refractivity contribution in [3.8, 4) is 0 Å². The van der Waals surface area contributed by atoms with Gasteiger partial charge < -0.3 is 15.2 Å². The predicted molar refractivity (Wildman–Crippen MR) is 61.7 cm³/mol. The molecule has 1 unspecified atom stereocenters. The molecule has 106 valence electrons. The number of aliphatic hydroxyl groups is 1. The molecule has 0 aliphatic heterocycles. The first-order chi connectivity index (χ1) is 8.88. The van der Waals surface area contributed by atoms with E-state index in [2.05, 4.69) is 5.32 Å². The smallest absolute Gasteiger partial charge is 0.394 e. The highest BCUT2D eigenvalue weighted by Gasteiger charge is 2.30. The monoisotopic (exact) mass is 277 g/mol. The van der Waals surface area contributed by atoms with Crippen LogP contribution in [0.4, 0.5) is 13.2 Å². The molecule has 0 fully saturated rings. The number of amides is 1. The molecule has 0 bridgehead atoms. The Bertz CT molecular complexity index is 417. The Kier molecular flexibility index (Phi) is 5.31. The predicted octanol–water partition coefficient (Wildman–Crippen LogP) is 1.44. The van der Waals surface area contributed by atoms with Crippen LogP contribution in [-0.4, -0.2) is 37.4 Å². The number of rotatable bonds is 5. The van der Waals surface area contributed by atoms with Gasteiger partial charge in [0.2, 0.25) is 0 Å². The lowest BCUT2D eigenvalue weighted by molar-refractivity contribution is -0.137. The van der Waals surface area contributed by atoms with Gasteiger partial charge >= 0.3 is 6.18 Å². The average molecular weight is 277 g/mol. The van der Waals surface area contributed by atoms with Crippen LogP contribution in [0.2, 0.25) is 0 Å². The molecular formula is C12H14F3NO3. The van der Waals surface area contributed by atoms with Crippen molar-refractivity contribution in [3.05, 3.63) is 35.4 Å². The van der Waals surface area contributed by atoms with Gasteiger partial charge in [0.25, 0.3) is 5.91 Å². The Labute approximate surface area is 108 Å². The van der Waals surface area contributed by atoms with Crippen LogP contribution in [0.5, 0.6) is 0 Å². The lowest BCUT2D eigenvalue weighted by Gasteiger charge is -2.15. The maximum absolute atomic E-state index is 12.3. The average Bonchev–Trinajstić information content (AvgIpc) is 2.37. The molecule has 1 aromatic carbocycles. The van der Waals surface area contributed by atoms with Gasteiger partial charge in [-0.05, 0) is 24.3 Å². The van der Waals surface area contributed by atoms with Crippen molar-refractivity contribution in [2.75, 3.05) is 20.3 Å². The third-order valence-corrected chi connectivity index (χ3v) is 2.40. The summed E-state index contributed by atoms with van der Waals surface area (Å²) >= 11 is 0. The molecule has 0 aliphatic carbocycles. The van der Waals surface area contributed by atoms with Crippen molar-refractivity contribution in [2.24, 2.45) is 0 Å². The molecular weight excluding hydrogens is 263 g/mol. The molecule has 1 amide bonds. The van der Waals surface area contributed by atoms with Crippen molar-refractivity contribution in [3.63, 3.8) is 0 Å². The van der Waals surface area contributed by atoms with E-state index in [0.29, 0.717) is 0 Å². The van der Waals surface area contributed by atoms with E-state index in [1.807, 2.05) is 0 Å². The third kappa shape index (κ3) is 4.53. The van der Waals surface area contributed by atoms with Crippen LogP contribution >= 0.6 is 0 Å². The quantitative estimate of drug-likeness (QED) is 0.856. The fraction of sp³-hybridized carbons (Fsp3) is 0.417. The van der Waals surface area contributed by atoms with Crippen LogP contribution < -0.4 is 5.32 Å². The molecule has 1 aromatic rings. The van der Waals surface area contributed by atoms with Crippen molar-refractivity contribution < 1.29 is 27.8 Å². The van der Waals surface area contributed by atoms with Gasteiger partial charge in [0.1, 0.15) is 0 Å². The van der Waals surface area contributed by atoms with Crippen LogP contribution in [0.3, 0.4) is 0 Å². The summed E-state index contributed by atoms with van der Waals surface area (Å²) < 4.78 is 41.8. The zero-order valence-corrected chi connectivity index (χ0v) is 10.2. The first kappa shape index (κ1) is 15.5. The number of benzene rings is 1. The molecule has 19 heavy (non-hydrogen) atoms. The SMILES string of the molecule is COCC(CO)NC(=O)c1ccc(C(F)(F)F)cc1. The number of alkyl halides is 3. The molecule has 4 nitrogen and oxygen atoms in total. The van der Waals surface area contributed by atoms with Gasteiger partial charge in [0.15, 0.2) is 0 Å². The topological polar surface area (TPSA) is 58.6 Å². The first-order valence-corrected chi connectivity index (χ1v) is 5.46. The Morgan fingerprint density at radius 2 is 1.95 bits per heavy atom. The second-order valence-corrected chi connectivity index (χ2v) is 3.88. The number of nitrogens with one attached hydrogen (secondary N) is 1. The molecule has 0 aliphatic rings. The van der Waals surface area contributed by atoms with Gasteiger partial charge in [0.05, 0.1) is 24.8 Å². The fourth-order valence-electron chi connectivity index (χ4n) is 1.42. The summed E-state index contributed by atoms with van der Waals surface area (Å²) in [6, 6.07) is 3.23. The largest absolute Gasteiger partial charge is 0.416 e. The third-order valence-electron chi connectivity index (χ3n) is 2.40. The number of aliphatic hydroxyl groups excluding tert-OH is 1. The van der Waals surface area contributed by atoms with Crippen LogP contribution in [-0.2, 0) is 10.9 Å². The van der Waals surface area contributed by atoms with E-state index in [1.54, 1.807) is 0 Å². The second kappa shape index (κ2) is 6.53. The zero-order valence-electron chi connectivity index (χ0n) is 10.2. The Balaban J connectivity index is 2.73. The molecule has 0 heterocycles. The van der Waals surface area contributed by atoms with E-state index in [9.17, 15) is 18.0 Å². The van der Waals surface area contributed by atoms with Crippen LogP contribution in [0.15, 0.2) is 24.3 Å². The first-order valence-electron chi connectivity index (χ1n) is 5.46. The molecule has 1 atom stereocenters. The van der Waals surface area contributed by atoms with E-state index in [4.69, 9.17) is 9.84 Å². The summed E-state index contributed by atoms with van der Waals surface area (Å²) in [4.78, 5) is 11.7. The summed E-state index contributed by atoms with van der Waals surface area (Å²) in [5.41, 5.74) is -0.734. The maximum atomic E-state index is 12.3. The summed E-state index contributed by atoms with van der Waals surface area (Å²) in [5, 5.41) is 11.4. The van der Waals surface area contributed by atoms with Crippen LogP contribution in [0.25, 0.3) is 0 Å². The van der Waals surface area contributed by atoms with Gasteiger partial charge in [-0.25, -0.2) is 0 Å². The highest BCUT2D eigenvalue weighted by atomic mass is 19.4. The van der Waals surface area contributed by atoms with Gasteiger partial charge in [-0.3, -0.25) is 4.79 Å². The minimum absolute atomic E-state index is 0.0857. The summed E-state index contributed by atoms with van der Waals surface area (Å²) in [7, 11) is 1.41. The molecule has 2 N–H and O–H groups in total. The van der Waals surface area contributed by atoms with Gasteiger partial charge in [-0.15, -0.1) is 0 Å². The molecule has 7 heteroatoms. The Hall–Kier alpha value is -1.60. The summed E-state index contributed by atoms with van der Waals surface area (Å²) in [5.74, 6) is -0.565. The second-order valence-electron chi connectivity index (χ2n) is 3.88. The van der Waals surface area contributed by atoms with E-state index in [-0.39, 0.29) is 18.8 Å². The molecule has 0 aromatic heterocycles. The summed E-state index contributed by atoms with van der Waals surface area (Å²) in [6.45, 7) is -0.205. The van der Waals surface area contributed by atoms with Gasteiger partial charge in [-0.1, -0.05) is 0 Å². The van der Waals surface area contributed by atoms with E-state index < -0.39 is 23.7 Å². The normalized spacial score (nSPS) is 13.1. The number of ether oxygens (including phenoxy) is 1. The Morgan fingerprint density at radius 1 is 1.37 bits per heavy atom. The Morgan fingerprint density at radius 3 is 2.37 bits per heavy atom. The van der Waals surface area contributed by atoms with Crippen LogP contribution in [0, 0.1) is 0 Å². The van der Waals surface area contributed by atoms with Crippen molar-refractivity contribution in [1.29, 1.82) is 0 Å². The molecule has 0 saturated heterocycles. The highest BCUT2D eigenvalue weighted by Crippen LogP contribution is 2.29. The molecule has 0 spiro atoms. The standard InChI is InChI=1S/C12H14F3NO3/c1-19-7-10(6-17)16-11(18)8-2-4-9(5-3-8)12(13,14)15/h2-5,10,17H,6-7H2,1H3,(H,16,18). The lowest BCUT2D eigenvalue weighted by Crippen LogP contribution is -2.40. The van der Waals surface area contributed by atoms with Crippen molar-refractivity contribution in [1.82, 2.24) is 5.32 Å². The van der Waals surface area contributed by atoms with E-state index >= 15 is 0 Å². The number of hydrogen-bond donors (Lipinski definition) is 2. The minimum atomic E-state index is -4.43. The number of methoxy groups -OCH3 is 1. The number of hydrogen-bond acceptors (Lipinski definition) is 3. The number of carbonyl (C=O) groups is 1. The number of carbonyl (C=O) groups excluding carboxylic acids is 1.